The highest BCUT2D eigenvalue weighted by Gasteiger charge is 2.07. The van der Waals surface area contributed by atoms with Crippen LogP contribution in [0.4, 0.5) is 5.69 Å². The van der Waals surface area contributed by atoms with Crippen LogP contribution < -0.4 is 0 Å². The topological polar surface area (TPSA) is 73.1 Å². The van der Waals surface area contributed by atoms with Crippen LogP contribution >= 0.6 is 11.8 Å². The molecule has 94 valence electrons. The molecule has 0 aliphatic rings. The van der Waals surface area contributed by atoms with Crippen LogP contribution in [-0.2, 0) is 4.79 Å². The van der Waals surface area contributed by atoms with Crippen LogP contribution in [0.3, 0.4) is 0 Å². The van der Waals surface area contributed by atoms with Crippen LogP contribution in [0.25, 0.3) is 0 Å². The molecule has 0 aliphatic carbocycles. The third-order valence-electron chi connectivity index (χ3n) is 2.01. The van der Waals surface area contributed by atoms with Crippen LogP contribution in [0, 0.1) is 28.9 Å². The van der Waals surface area contributed by atoms with Gasteiger partial charge in [0.1, 0.15) is 11.9 Å². The number of hydrogen-bond donors (Lipinski definition) is 0. The molecule has 0 aliphatic heterocycles. The summed E-state index contributed by atoms with van der Waals surface area (Å²) >= 11 is 1.23. The van der Waals surface area contributed by atoms with Crippen LogP contribution in [0.1, 0.15) is 24.6 Å². The van der Waals surface area contributed by atoms with Crippen LogP contribution in [0.15, 0.2) is 12.3 Å². The van der Waals surface area contributed by atoms with Gasteiger partial charge in [-0.1, -0.05) is 17.7 Å². The van der Waals surface area contributed by atoms with E-state index in [-0.39, 0.29) is 10.8 Å². The Morgan fingerprint density at radius 1 is 1.61 bits per heavy atom. The van der Waals surface area contributed by atoms with Crippen molar-refractivity contribution in [2.45, 2.75) is 20.3 Å². The molecule has 1 heterocycles. The first-order chi connectivity index (χ1) is 8.50. The van der Waals surface area contributed by atoms with Gasteiger partial charge in [0.15, 0.2) is 5.12 Å². The van der Waals surface area contributed by atoms with Crippen molar-refractivity contribution in [2.24, 2.45) is 0 Å². The summed E-state index contributed by atoms with van der Waals surface area (Å²) < 4.78 is 0. The normalized spacial score (nSPS) is 9.44. The minimum absolute atomic E-state index is 0.0369. The summed E-state index contributed by atoms with van der Waals surface area (Å²) in [6.45, 7) is 3.24. The minimum Gasteiger partial charge on any atom is -0.288 e. The second-order valence-electron chi connectivity index (χ2n) is 3.51. The van der Waals surface area contributed by atoms with E-state index in [0.717, 1.165) is 0 Å². The van der Waals surface area contributed by atoms with Crippen molar-refractivity contribution in [3.05, 3.63) is 33.6 Å². The first-order valence-electron chi connectivity index (χ1n) is 5.24. The second-order valence-corrected chi connectivity index (χ2v) is 4.78. The Morgan fingerprint density at radius 3 is 2.89 bits per heavy atom. The number of aromatic nitrogens is 1. The standard InChI is InChI=1S/C12H12N2O3S/c1-9-7-11(14(16)17)8-13-12(9)5-3-4-6-18-10(2)15/h7-8H,4,6H2,1-2H3. The Hall–Kier alpha value is -1.87. The van der Waals surface area contributed by atoms with E-state index in [1.807, 2.05) is 0 Å². The molecule has 5 nitrogen and oxygen atoms in total. The lowest BCUT2D eigenvalue weighted by molar-refractivity contribution is -0.385. The first-order valence-corrected chi connectivity index (χ1v) is 6.22. The van der Waals surface area contributed by atoms with Crippen molar-refractivity contribution in [3.63, 3.8) is 0 Å². The molecule has 0 N–H and O–H groups in total. The summed E-state index contributed by atoms with van der Waals surface area (Å²) in [5, 5.41) is 10.6. The molecule has 1 aromatic heterocycles. The number of rotatable bonds is 3. The molecule has 0 saturated heterocycles. The molecule has 0 bridgehead atoms. The SMILES string of the molecule is CC(=O)SCCC#Cc1ncc([N+](=O)[O-])cc1C. The Kier molecular flexibility index (Phi) is 5.33. The molecular weight excluding hydrogens is 252 g/mol. The maximum absolute atomic E-state index is 10.7. The van der Waals surface area contributed by atoms with Gasteiger partial charge in [-0.15, -0.1) is 0 Å². The molecule has 0 saturated carbocycles. The number of nitrogens with zero attached hydrogens (tertiary/aromatic N) is 2. The lowest BCUT2D eigenvalue weighted by atomic mass is 10.2. The Labute approximate surface area is 109 Å². The Morgan fingerprint density at radius 2 is 2.33 bits per heavy atom. The van der Waals surface area contributed by atoms with E-state index in [1.165, 1.54) is 30.9 Å². The van der Waals surface area contributed by atoms with Gasteiger partial charge in [-0.05, 0) is 18.4 Å². The summed E-state index contributed by atoms with van der Waals surface area (Å²) in [6.07, 6.45) is 1.78. The zero-order chi connectivity index (χ0) is 13.5. The van der Waals surface area contributed by atoms with Crippen molar-refractivity contribution < 1.29 is 9.72 Å². The van der Waals surface area contributed by atoms with Crippen molar-refractivity contribution >= 4 is 22.6 Å². The summed E-state index contributed by atoms with van der Waals surface area (Å²) in [5.41, 5.74) is 1.18. The van der Waals surface area contributed by atoms with Gasteiger partial charge in [-0.25, -0.2) is 4.98 Å². The average Bonchev–Trinajstić information content (AvgIpc) is 2.29. The monoisotopic (exact) mass is 264 g/mol. The van der Waals surface area contributed by atoms with Gasteiger partial charge in [-0.3, -0.25) is 14.9 Å². The predicted octanol–water partition coefficient (Wildman–Crippen LogP) is 2.32. The molecule has 0 aromatic carbocycles. The molecule has 6 heteroatoms. The molecule has 0 amide bonds. The maximum atomic E-state index is 10.7. The fourth-order valence-electron chi connectivity index (χ4n) is 1.18. The van der Waals surface area contributed by atoms with E-state index in [4.69, 9.17) is 0 Å². The predicted molar refractivity (Wildman–Crippen MR) is 70.3 cm³/mol. The van der Waals surface area contributed by atoms with Gasteiger partial charge >= 0.3 is 0 Å². The molecule has 0 atom stereocenters. The van der Waals surface area contributed by atoms with Crippen LogP contribution in [0.5, 0.6) is 0 Å². The number of carbonyl (C=O) groups is 1. The van der Waals surface area contributed by atoms with E-state index >= 15 is 0 Å². The van der Waals surface area contributed by atoms with Gasteiger partial charge in [0.2, 0.25) is 0 Å². The molecular formula is C12H12N2O3S. The zero-order valence-electron chi connectivity index (χ0n) is 10.1. The first kappa shape index (κ1) is 14.2. The van der Waals surface area contributed by atoms with Crippen molar-refractivity contribution in [1.82, 2.24) is 4.98 Å². The zero-order valence-corrected chi connectivity index (χ0v) is 10.9. The highest BCUT2D eigenvalue weighted by molar-refractivity contribution is 8.13. The van der Waals surface area contributed by atoms with Crippen molar-refractivity contribution in [3.8, 4) is 11.8 Å². The number of thioether (sulfide) groups is 1. The molecule has 18 heavy (non-hydrogen) atoms. The fraction of sp³-hybridized carbons (Fsp3) is 0.333. The smallest absolute Gasteiger partial charge is 0.287 e. The van der Waals surface area contributed by atoms with Gasteiger partial charge in [0.05, 0.1) is 4.92 Å². The van der Waals surface area contributed by atoms with Gasteiger partial charge < -0.3 is 0 Å². The van der Waals surface area contributed by atoms with Crippen LogP contribution in [0.2, 0.25) is 0 Å². The molecule has 0 spiro atoms. The summed E-state index contributed by atoms with van der Waals surface area (Å²) in [5.74, 6) is 6.38. The fourth-order valence-corrected chi connectivity index (χ4v) is 1.67. The summed E-state index contributed by atoms with van der Waals surface area (Å²) in [7, 11) is 0. The molecule has 1 aromatic rings. The van der Waals surface area contributed by atoms with E-state index in [9.17, 15) is 14.9 Å². The maximum Gasteiger partial charge on any atom is 0.287 e. The molecule has 0 unspecified atom stereocenters. The summed E-state index contributed by atoms with van der Waals surface area (Å²) in [6, 6.07) is 1.45. The van der Waals surface area contributed by atoms with Crippen molar-refractivity contribution in [2.75, 3.05) is 5.75 Å². The molecule has 1 rings (SSSR count). The van der Waals surface area contributed by atoms with E-state index in [0.29, 0.717) is 23.4 Å². The Balaban J connectivity index is 2.65. The number of pyridine rings is 1. The number of nitro groups is 1. The quantitative estimate of drug-likeness (QED) is 0.362. The Bertz CT molecular complexity index is 532. The van der Waals surface area contributed by atoms with E-state index < -0.39 is 4.92 Å². The third kappa shape index (κ3) is 4.55. The molecule has 0 radical (unpaired) electrons. The lowest BCUT2D eigenvalue weighted by Gasteiger charge is -1.96. The van der Waals surface area contributed by atoms with Gasteiger partial charge in [0, 0.05) is 25.2 Å². The third-order valence-corrected chi connectivity index (χ3v) is 2.83. The van der Waals surface area contributed by atoms with E-state index in [2.05, 4.69) is 16.8 Å². The minimum atomic E-state index is -0.485. The largest absolute Gasteiger partial charge is 0.288 e. The molecule has 0 fully saturated rings. The highest BCUT2D eigenvalue weighted by Crippen LogP contribution is 2.13. The van der Waals surface area contributed by atoms with Gasteiger partial charge in [-0.2, -0.15) is 0 Å². The average molecular weight is 264 g/mol. The van der Waals surface area contributed by atoms with Gasteiger partial charge in [0.25, 0.3) is 5.69 Å². The number of hydrogen-bond acceptors (Lipinski definition) is 5. The number of aryl methyl sites for hydroxylation is 1. The van der Waals surface area contributed by atoms with E-state index in [1.54, 1.807) is 6.92 Å². The second kappa shape index (κ2) is 6.77. The summed E-state index contributed by atoms with van der Waals surface area (Å²) in [4.78, 5) is 24.7. The highest BCUT2D eigenvalue weighted by atomic mass is 32.2. The lowest BCUT2D eigenvalue weighted by Crippen LogP contribution is -1.93. The van der Waals surface area contributed by atoms with Crippen molar-refractivity contribution in [1.29, 1.82) is 0 Å². The van der Waals surface area contributed by atoms with Crippen LogP contribution in [-0.4, -0.2) is 20.8 Å². The number of carbonyl (C=O) groups excluding carboxylic acids is 1.